The molecule has 2 amide bonds. The van der Waals surface area contributed by atoms with E-state index in [2.05, 4.69) is 20.8 Å². The molecule has 2 unspecified atom stereocenters. The van der Waals surface area contributed by atoms with Gasteiger partial charge in [-0.15, -0.1) is 12.4 Å². The summed E-state index contributed by atoms with van der Waals surface area (Å²) in [5.74, 6) is -0.337. The van der Waals surface area contributed by atoms with E-state index in [4.69, 9.17) is 0 Å². The van der Waals surface area contributed by atoms with Crippen molar-refractivity contribution in [1.29, 1.82) is 0 Å². The Labute approximate surface area is 158 Å². The van der Waals surface area contributed by atoms with Crippen LogP contribution >= 0.6 is 12.4 Å². The predicted molar refractivity (Wildman–Crippen MR) is 99.0 cm³/mol. The Morgan fingerprint density at radius 3 is 2.50 bits per heavy atom. The number of piperidine rings is 1. The first-order valence-corrected chi connectivity index (χ1v) is 8.26. The van der Waals surface area contributed by atoms with Gasteiger partial charge in [0.25, 0.3) is 0 Å². The first-order valence-electron chi connectivity index (χ1n) is 8.26. The van der Waals surface area contributed by atoms with Gasteiger partial charge in [0.1, 0.15) is 12.1 Å². The van der Waals surface area contributed by atoms with Crippen molar-refractivity contribution in [2.45, 2.75) is 24.9 Å². The molecular weight excluding hydrogens is 358 g/mol. The van der Waals surface area contributed by atoms with Crippen LogP contribution in [0.5, 0.6) is 0 Å². The fourth-order valence-electron chi connectivity index (χ4n) is 3.11. The fourth-order valence-corrected chi connectivity index (χ4v) is 3.11. The van der Waals surface area contributed by atoms with Gasteiger partial charge < -0.3 is 15.5 Å². The van der Waals surface area contributed by atoms with E-state index in [0.717, 1.165) is 17.7 Å². The van der Waals surface area contributed by atoms with Crippen molar-refractivity contribution in [3.8, 4) is 0 Å². The molecule has 26 heavy (non-hydrogen) atoms. The van der Waals surface area contributed by atoms with Crippen molar-refractivity contribution >= 4 is 29.9 Å². The first kappa shape index (κ1) is 19.9. The average molecular weight is 382 g/mol. The Hall–Kier alpha value is -2.39. The second-order valence-electron chi connectivity index (χ2n) is 6.23. The number of anilines is 1. The molecule has 0 aromatic carbocycles. The van der Waals surface area contributed by atoms with Crippen molar-refractivity contribution in [3.63, 3.8) is 0 Å². The minimum Gasteiger partial charge on any atom is -0.343 e. The van der Waals surface area contributed by atoms with E-state index in [1.807, 2.05) is 7.05 Å². The van der Waals surface area contributed by atoms with E-state index in [1.165, 1.54) is 0 Å². The van der Waals surface area contributed by atoms with Crippen LogP contribution in [0.2, 0.25) is 0 Å². The Kier molecular flexibility index (Phi) is 6.38. The number of rotatable bonds is 5. The third-order valence-electron chi connectivity index (χ3n) is 4.37. The van der Waals surface area contributed by atoms with Crippen LogP contribution in [0.15, 0.2) is 24.8 Å². The third-order valence-corrected chi connectivity index (χ3v) is 4.37. The van der Waals surface area contributed by atoms with Gasteiger partial charge in [0.2, 0.25) is 11.8 Å². The lowest BCUT2D eigenvalue weighted by atomic mass is 10.0. The summed E-state index contributed by atoms with van der Waals surface area (Å²) >= 11 is 0. The van der Waals surface area contributed by atoms with Crippen LogP contribution in [0.25, 0.3) is 0 Å². The van der Waals surface area contributed by atoms with Crippen LogP contribution in [0.4, 0.5) is 5.69 Å². The lowest BCUT2D eigenvalue weighted by Gasteiger charge is -2.32. The van der Waals surface area contributed by atoms with Crippen LogP contribution in [-0.2, 0) is 23.7 Å². The molecule has 0 bridgehead atoms. The van der Waals surface area contributed by atoms with Crippen LogP contribution in [0.1, 0.15) is 24.4 Å². The second kappa shape index (κ2) is 8.33. The van der Waals surface area contributed by atoms with Crippen molar-refractivity contribution in [2.24, 2.45) is 14.1 Å². The largest absolute Gasteiger partial charge is 0.343 e. The molecule has 1 aliphatic rings. The SMILES string of the molecule is CNC(C(=O)NC1CCCN(c2cnn(C)c2)C1=O)c1cnn(C)c1.Cl. The highest BCUT2D eigenvalue weighted by Crippen LogP contribution is 2.21. The van der Waals surface area contributed by atoms with Gasteiger partial charge >= 0.3 is 0 Å². The number of carbonyl (C=O) groups excluding carboxylic acids is 2. The minimum atomic E-state index is -0.546. The number of amides is 2. The maximum Gasteiger partial charge on any atom is 0.249 e. The van der Waals surface area contributed by atoms with Crippen LogP contribution in [0, 0.1) is 0 Å². The topological polar surface area (TPSA) is 97.1 Å². The molecule has 1 aliphatic heterocycles. The van der Waals surface area contributed by atoms with Gasteiger partial charge in [-0.05, 0) is 19.9 Å². The number of aryl methyl sites for hydroxylation is 2. The van der Waals surface area contributed by atoms with E-state index < -0.39 is 12.1 Å². The third kappa shape index (κ3) is 4.05. The molecule has 1 saturated heterocycles. The molecule has 3 heterocycles. The van der Waals surface area contributed by atoms with Crippen molar-refractivity contribution in [2.75, 3.05) is 18.5 Å². The number of hydrogen-bond donors (Lipinski definition) is 2. The molecule has 2 N–H and O–H groups in total. The second-order valence-corrected chi connectivity index (χ2v) is 6.23. The van der Waals surface area contributed by atoms with Crippen molar-refractivity contribution in [1.82, 2.24) is 30.2 Å². The quantitative estimate of drug-likeness (QED) is 0.768. The van der Waals surface area contributed by atoms with E-state index in [9.17, 15) is 9.59 Å². The van der Waals surface area contributed by atoms with Gasteiger partial charge in [-0.25, -0.2) is 0 Å². The molecule has 2 aromatic heterocycles. The zero-order valence-electron chi connectivity index (χ0n) is 15.0. The van der Waals surface area contributed by atoms with Crippen LogP contribution < -0.4 is 15.5 Å². The highest BCUT2D eigenvalue weighted by molar-refractivity contribution is 6.00. The number of aromatic nitrogens is 4. The summed E-state index contributed by atoms with van der Waals surface area (Å²) in [6.07, 6.45) is 8.34. The van der Waals surface area contributed by atoms with E-state index >= 15 is 0 Å². The molecule has 0 spiro atoms. The van der Waals surface area contributed by atoms with Gasteiger partial charge in [0.05, 0.1) is 18.1 Å². The Morgan fingerprint density at radius 2 is 1.92 bits per heavy atom. The zero-order chi connectivity index (χ0) is 18.0. The monoisotopic (exact) mass is 381 g/mol. The molecule has 0 aliphatic carbocycles. The maximum absolute atomic E-state index is 12.8. The Morgan fingerprint density at radius 1 is 1.23 bits per heavy atom. The van der Waals surface area contributed by atoms with E-state index in [-0.39, 0.29) is 24.2 Å². The molecule has 142 valence electrons. The molecule has 10 heteroatoms. The van der Waals surface area contributed by atoms with E-state index in [0.29, 0.717) is 13.0 Å². The Bertz CT molecular complexity index is 772. The number of halogens is 1. The van der Waals surface area contributed by atoms with Crippen LogP contribution in [0.3, 0.4) is 0 Å². The molecule has 2 aromatic rings. The van der Waals surface area contributed by atoms with Gasteiger partial charge in [0.15, 0.2) is 0 Å². The molecule has 9 nitrogen and oxygen atoms in total. The molecule has 3 rings (SSSR count). The molecule has 1 fully saturated rings. The number of nitrogens with one attached hydrogen (secondary N) is 2. The summed E-state index contributed by atoms with van der Waals surface area (Å²) in [7, 11) is 5.31. The van der Waals surface area contributed by atoms with Crippen molar-refractivity contribution < 1.29 is 9.59 Å². The molecule has 0 saturated carbocycles. The van der Waals surface area contributed by atoms with Gasteiger partial charge in [-0.1, -0.05) is 0 Å². The first-order chi connectivity index (χ1) is 12.0. The van der Waals surface area contributed by atoms with Gasteiger partial charge in [0, 0.05) is 38.6 Å². The maximum atomic E-state index is 12.8. The lowest BCUT2D eigenvalue weighted by molar-refractivity contribution is -0.129. The number of hydrogen-bond acceptors (Lipinski definition) is 5. The van der Waals surface area contributed by atoms with Crippen LogP contribution in [-0.4, -0.2) is 51.0 Å². The highest BCUT2D eigenvalue weighted by atomic mass is 35.5. The smallest absolute Gasteiger partial charge is 0.249 e. The summed E-state index contributed by atoms with van der Waals surface area (Å²) in [6.45, 7) is 0.634. The van der Waals surface area contributed by atoms with Gasteiger partial charge in [-0.3, -0.25) is 19.0 Å². The van der Waals surface area contributed by atoms with Crippen molar-refractivity contribution in [3.05, 3.63) is 30.4 Å². The molecular formula is C16H24ClN7O2. The number of nitrogens with zero attached hydrogens (tertiary/aromatic N) is 5. The standard InChI is InChI=1S/C16H23N7O2.ClH/c1-17-14(11-7-18-21(2)9-11)15(24)20-13-5-4-6-23(16(13)25)12-8-19-22(3)10-12;/h7-10,13-14,17H,4-6H2,1-3H3,(H,20,24);1H. The predicted octanol–water partition coefficient (Wildman–Crippen LogP) is 0.148. The van der Waals surface area contributed by atoms with Gasteiger partial charge in [-0.2, -0.15) is 10.2 Å². The lowest BCUT2D eigenvalue weighted by Crippen LogP contribution is -2.54. The minimum absolute atomic E-state index is 0. The van der Waals surface area contributed by atoms with E-state index in [1.54, 1.807) is 53.1 Å². The fraction of sp³-hybridized carbons (Fsp3) is 0.500. The number of likely N-dealkylation sites (N-methyl/N-ethyl adjacent to an activating group) is 1. The normalized spacial score (nSPS) is 18.3. The summed E-state index contributed by atoms with van der Waals surface area (Å²) in [6, 6.07) is -1.08. The summed E-state index contributed by atoms with van der Waals surface area (Å²) in [5.41, 5.74) is 1.51. The average Bonchev–Trinajstić information content (AvgIpc) is 3.19. The highest BCUT2D eigenvalue weighted by Gasteiger charge is 2.33. The molecule has 0 radical (unpaired) electrons. The zero-order valence-corrected chi connectivity index (χ0v) is 15.9. The number of carbonyl (C=O) groups is 2. The summed E-state index contributed by atoms with van der Waals surface area (Å²) in [5, 5.41) is 14.1. The summed E-state index contributed by atoms with van der Waals surface area (Å²) < 4.78 is 3.30. The molecule has 2 atom stereocenters. The summed E-state index contributed by atoms with van der Waals surface area (Å²) in [4.78, 5) is 27.1. The Balaban J connectivity index is 0.00000243.